The fourth-order valence-corrected chi connectivity index (χ4v) is 2.76. The van der Waals surface area contributed by atoms with Gasteiger partial charge in [0.05, 0.1) is 24.0 Å². The highest BCUT2D eigenvalue weighted by Gasteiger charge is 2.33. The predicted octanol–water partition coefficient (Wildman–Crippen LogP) is 1.46. The molecule has 0 bridgehead atoms. The number of Topliss-reactive ketones (excluding diaryl/α,β-unsaturated/α-hetero) is 1. The molecule has 0 aromatic heterocycles. The van der Waals surface area contributed by atoms with Crippen LogP contribution in [0.15, 0.2) is 18.2 Å². The highest BCUT2D eigenvalue weighted by atomic mass is 16.5. The topological polar surface area (TPSA) is 49.9 Å². The van der Waals surface area contributed by atoms with Crippen LogP contribution < -0.4 is 9.80 Å². The number of ether oxygens (including phenoxy) is 1. The van der Waals surface area contributed by atoms with Crippen molar-refractivity contribution >= 4 is 23.1 Å². The summed E-state index contributed by atoms with van der Waals surface area (Å²) in [5.41, 5.74) is 2.25. The predicted molar refractivity (Wildman–Crippen MR) is 76.4 cm³/mol. The van der Waals surface area contributed by atoms with Gasteiger partial charge in [0.25, 0.3) is 11.7 Å². The molecule has 1 atom stereocenters. The Morgan fingerprint density at radius 3 is 2.90 bits per heavy atom. The zero-order valence-corrected chi connectivity index (χ0v) is 11.8. The summed E-state index contributed by atoms with van der Waals surface area (Å²) in [5.74, 6) is -0.868. The van der Waals surface area contributed by atoms with Crippen LogP contribution in [-0.4, -0.2) is 44.5 Å². The van der Waals surface area contributed by atoms with Gasteiger partial charge in [-0.1, -0.05) is 6.92 Å². The second-order valence-corrected chi connectivity index (χ2v) is 5.24. The fraction of sp³-hybridized carbons (Fsp3) is 0.467. The number of benzene rings is 1. The highest BCUT2D eigenvalue weighted by Crippen LogP contribution is 2.32. The molecule has 1 aromatic carbocycles. The first-order chi connectivity index (χ1) is 9.61. The number of carbonyl (C=O) groups is 2. The lowest BCUT2D eigenvalue weighted by atomic mass is 10.1. The van der Waals surface area contributed by atoms with Crippen molar-refractivity contribution in [2.24, 2.45) is 0 Å². The van der Waals surface area contributed by atoms with Gasteiger partial charge in [-0.3, -0.25) is 9.59 Å². The van der Waals surface area contributed by atoms with Crippen LogP contribution in [0.5, 0.6) is 0 Å². The molecule has 0 N–H and O–H groups in total. The van der Waals surface area contributed by atoms with Crippen LogP contribution >= 0.6 is 0 Å². The third kappa shape index (κ3) is 1.98. The van der Waals surface area contributed by atoms with Crippen LogP contribution in [0, 0.1) is 0 Å². The quantitative estimate of drug-likeness (QED) is 0.766. The van der Waals surface area contributed by atoms with Gasteiger partial charge >= 0.3 is 0 Å². The Kier molecular flexibility index (Phi) is 3.22. The molecular weight excluding hydrogens is 256 g/mol. The Labute approximate surface area is 118 Å². The van der Waals surface area contributed by atoms with E-state index < -0.39 is 11.7 Å². The van der Waals surface area contributed by atoms with Crippen molar-refractivity contribution in [3.8, 4) is 0 Å². The lowest BCUT2D eigenvalue weighted by Gasteiger charge is -2.34. The minimum absolute atomic E-state index is 0.248. The third-order valence-corrected chi connectivity index (χ3v) is 4.05. The smallest absolute Gasteiger partial charge is 0.299 e. The van der Waals surface area contributed by atoms with Crippen LogP contribution in [0.25, 0.3) is 0 Å². The lowest BCUT2D eigenvalue weighted by molar-refractivity contribution is -0.114. The normalized spacial score (nSPS) is 22.4. The Balaban J connectivity index is 1.90. The summed E-state index contributed by atoms with van der Waals surface area (Å²) in [5, 5.41) is 0. The molecule has 1 fully saturated rings. The van der Waals surface area contributed by atoms with Gasteiger partial charge in [-0.05, 0) is 24.6 Å². The number of amides is 1. The standard InChI is InChI=1S/C15H18N2O3/c1-3-11-9-17(6-7-20-11)10-4-5-12-13(8-10)16(2)15(19)14(12)18/h4-5,8,11H,3,6-7,9H2,1-2H3. The summed E-state index contributed by atoms with van der Waals surface area (Å²) in [4.78, 5) is 27.1. The first kappa shape index (κ1) is 13.1. The zero-order chi connectivity index (χ0) is 14.3. The van der Waals surface area contributed by atoms with Gasteiger partial charge in [0.1, 0.15) is 0 Å². The minimum Gasteiger partial charge on any atom is -0.375 e. The molecule has 1 amide bonds. The average molecular weight is 274 g/mol. The molecule has 1 saturated heterocycles. The molecule has 2 heterocycles. The molecule has 3 rings (SSSR count). The van der Waals surface area contributed by atoms with Gasteiger partial charge < -0.3 is 14.5 Å². The first-order valence-corrected chi connectivity index (χ1v) is 6.94. The van der Waals surface area contributed by atoms with Gasteiger partial charge in [-0.15, -0.1) is 0 Å². The average Bonchev–Trinajstić information content (AvgIpc) is 2.72. The summed E-state index contributed by atoms with van der Waals surface area (Å²) < 4.78 is 5.67. The Hall–Kier alpha value is -1.88. The van der Waals surface area contributed by atoms with E-state index in [-0.39, 0.29) is 6.10 Å². The largest absolute Gasteiger partial charge is 0.375 e. The monoisotopic (exact) mass is 274 g/mol. The van der Waals surface area contributed by atoms with Gasteiger partial charge in [0, 0.05) is 25.8 Å². The van der Waals surface area contributed by atoms with Crippen LogP contribution in [0.1, 0.15) is 23.7 Å². The van der Waals surface area contributed by atoms with Crippen LogP contribution in [0.2, 0.25) is 0 Å². The van der Waals surface area contributed by atoms with Crippen LogP contribution in [-0.2, 0) is 9.53 Å². The van der Waals surface area contributed by atoms with Crippen LogP contribution in [0.4, 0.5) is 11.4 Å². The maximum absolute atomic E-state index is 11.8. The lowest BCUT2D eigenvalue weighted by Crippen LogP contribution is -2.42. The Bertz CT molecular complexity index is 570. The van der Waals surface area contributed by atoms with Gasteiger partial charge in [0.15, 0.2) is 0 Å². The Morgan fingerprint density at radius 2 is 2.15 bits per heavy atom. The van der Waals surface area contributed by atoms with E-state index in [9.17, 15) is 9.59 Å². The maximum atomic E-state index is 11.8. The zero-order valence-electron chi connectivity index (χ0n) is 11.8. The van der Waals surface area contributed by atoms with E-state index in [2.05, 4.69) is 11.8 Å². The summed E-state index contributed by atoms with van der Waals surface area (Å²) >= 11 is 0. The number of rotatable bonds is 2. The number of likely N-dealkylation sites (N-methyl/N-ethyl adjacent to an activating group) is 1. The van der Waals surface area contributed by atoms with E-state index in [0.717, 1.165) is 25.2 Å². The minimum atomic E-state index is -0.453. The van der Waals surface area contributed by atoms with Crippen molar-refractivity contribution in [3.05, 3.63) is 23.8 Å². The summed E-state index contributed by atoms with van der Waals surface area (Å²) in [7, 11) is 1.64. The van der Waals surface area contributed by atoms with Crippen molar-refractivity contribution in [3.63, 3.8) is 0 Å². The maximum Gasteiger partial charge on any atom is 0.299 e. The van der Waals surface area contributed by atoms with Crippen molar-refractivity contribution in [2.45, 2.75) is 19.4 Å². The van der Waals surface area contributed by atoms with Gasteiger partial charge in [0.2, 0.25) is 0 Å². The summed E-state index contributed by atoms with van der Waals surface area (Å²) in [6.45, 7) is 4.51. The molecule has 1 aromatic rings. The van der Waals surface area contributed by atoms with Gasteiger partial charge in [-0.2, -0.15) is 0 Å². The van der Waals surface area contributed by atoms with Crippen LogP contribution in [0.3, 0.4) is 0 Å². The first-order valence-electron chi connectivity index (χ1n) is 6.94. The van der Waals surface area contributed by atoms with Crippen molar-refractivity contribution in [2.75, 3.05) is 36.5 Å². The number of hydrogen-bond donors (Lipinski definition) is 0. The van der Waals surface area contributed by atoms with E-state index in [1.165, 1.54) is 4.90 Å². The molecule has 106 valence electrons. The summed E-state index contributed by atoms with van der Waals surface area (Å²) in [6.07, 6.45) is 1.23. The number of fused-ring (bicyclic) bond motifs is 1. The molecule has 2 aliphatic rings. The Morgan fingerprint density at radius 1 is 1.35 bits per heavy atom. The van der Waals surface area contributed by atoms with E-state index in [1.807, 2.05) is 12.1 Å². The van der Waals surface area contributed by atoms with E-state index in [1.54, 1.807) is 13.1 Å². The molecule has 0 aliphatic carbocycles. The second-order valence-electron chi connectivity index (χ2n) is 5.24. The fourth-order valence-electron chi connectivity index (χ4n) is 2.76. The van der Waals surface area contributed by atoms with E-state index in [0.29, 0.717) is 17.9 Å². The van der Waals surface area contributed by atoms with E-state index >= 15 is 0 Å². The number of anilines is 2. The SMILES string of the molecule is CCC1CN(c2ccc3c(c2)N(C)C(=O)C3=O)CCO1. The molecule has 0 spiro atoms. The summed E-state index contributed by atoms with van der Waals surface area (Å²) in [6, 6.07) is 5.60. The molecule has 1 unspecified atom stereocenters. The van der Waals surface area contributed by atoms with Crippen molar-refractivity contribution in [1.82, 2.24) is 0 Å². The molecule has 2 aliphatic heterocycles. The number of hydrogen-bond acceptors (Lipinski definition) is 4. The molecule has 5 heteroatoms. The highest BCUT2D eigenvalue weighted by molar-refractivity contribution is 6.52. The number of nitrogens with zero attached hydrogens (tertiary/aromatic N) is 2. The van der Waals surface area contributed by atoms with Gasteiger partial charge in [-0.25, -0.2) is 0 Å². The van der Waals surface area contributed by atoms with E-state index in [4.69, 9.17) is 4.74 Å². The molecule has 5 nitrogen and oxygen atoms in total. The number of morpholine rings is 1. The molecule has 0 saturated carbocycles. The number of ketones is 1. The molecule has 20 heavy (non-hydrogen) atoms. The van der Waals surface area contributed by atoms with Crippen molar-refractivity contribution in [1.29, 1.82) is 0 Å². The second kappa shape index (κ2) is 4.90. The van der Waals surface area contributed by atoms with Crippen molar-refractivity contribution < 1.29 is 14.3 Å². The number of carbonyl (C=O) groups excluding carboxylic acids is 2. The third-order valence-electron chi connectivity index (χ3n) is 4.05. The molecule has 0 radical (unpaired) electrons. The molecular formula is C15H18N2O3.